The van der Waals surface area contributed by atoms with Gasteiger partial charge in [0.1, 0.15) is 5.82 Å². The van der Waals surface area contributed by atoms with Crippen molar-refractivity contribution in [2.24, 2.45) is 0 Å². The van der Waals surface area contributed by atoms with E-state index in [0.29, 0.717) is 18.1 Å². The van der Waals surface area contributed by atoms with E-state index in [-0.39, 0.29) is 18.2 Å². The van der Waals surface area contributed by atoms with E-state index in [2.05, 4.69) is 15.7 Å². The van der Waals surface area contributed by atoms with Gasteiger partial charge in [-0.25, -0.2) is 4.68 Å². The molecule has 0 atom stereocenters. The second kappa shape index (κ2) is 8.31. The molecule has 2 amide bonds. The van der Waals surface area contributed by atoms with Crippen LogP contribution in [0.2, 0.25) is 0 Å². The molecule has 27 heavy (non-hydrogen) atoms. The Morgan fingerprint density at radius 1 is 0.963 bits per heavy atom. The Morgan fingerprint density at radius 2 is 1.67 bits per heavy atom. The second-order valence-electron chi connectivity index (χ2n) is 6.42. The monoisotopic (exact) mass is 362 g/mol. The third-order valence-electron chi connectivity index (χ3n) is 3.98. The van der Waals surface area contributed by atoms with Crippen LogP contribution in [-0.4, -0.2) is 21.6 Å². The van der Waals surface area contributed by atoms with Gasteiger partial charge in [-0.3, -0.25) is 9.59 Å². The number of aromatic nitrogens is 2. The molecule has 0 fully saturated rings. The molecule has 0 spiro atoms. The van der Waals surface area contributed by atoms with Crippen molar-refractivity contribution >= 4 is 23.3 Å². The fraction of sp³-hybridized carbons (Fsp3) is 0.190. The summed E-state index contributed by atoms with van der Waals surface area (Å²) < 4.78 is 1.79. The smallest absolute Gasteiger partial charge is 0.229 e. The standard InChI is InChI=1S/C21H22N4O2/c1-15-12-20(25(24-15)14-18-6-4-3-5-7-18)23-21(27)13-17-8-10-19(11-9-17)22-16(2)26/h3-12H,13-14H2,1-2H3,(H,22,26)(H,23,27). The van der Waals surface area contributed by atoms with Gasteiger partial charge in [0.05, 0.1) is 18.7 Å². The van der Waals surface area contributed by atoms with Crippen LogP contribution < -0.4 is 10.6 Å². The van der Waals surface area contributed by atoms with Gasteiger partial charge >= 0.3 is 0 Å². The molecule has 6 nitrogen and oxygen atoms in total. The zero-order valence-corrected chi connectivity index (χ0v) is 15.4. The van der Waals surface area contributed by atoms with E-state index < -0.39 is 0 Å². The van der Waals surface area contributed by atoms with Crippen molar-refractivity contribution in [3.05, 3.63) is 77.5 Å². The van der Waals surface area contributed by atoms with Crippen molar-refractivity contribution in [2.75, 3.05) is 10.6 Å². The summed E-state index contributed by atoms with van der Waals surface area (Å²) in [7, 11) is 0. The second-order valence-corrected chi connectivity index (χ2v) is 6.42. The lowest BCUT2D eigenvalue weighted by molar-refractivity contribution is -0.116. The van der Waals surface area contributed by atoms with Gasteiger partial charge in [0, 0.05) is 18.7 Å². The van der Waals surface area contributed by atoms with Crippen LogP contribution in [0.5, 0.6) is 0 Å². The van der Waals surface area contributed by atoms with Crippen LogP contribution in [0.1, 0.15) is 23.7 Å². The molecule has 3 rings (SSSR count). The van der Waals surface area contributed by atoms with E-state index >= 15 is 0 Å². The molecule has 1 aromatic heterocycles. The van der Waals surface area contributed by atoms with Gasteiger partial charge in [0.25, 0.3) is 0 Å². The summed E-state index contributed by atoms with van der Waals surface area (Å²) in [5.74, 6) is 0.440. The number of hydrogen-bond acceptors (Lipinski definition) is 3. The van der Waals surface area contributed by atoms with Crippen molar-refractivity contribution in [3.8, 4) is 0 Å². The Kier molecular flexibility index (Phi) is 5.66. The van der Waals surface area contributed by atoms with Crippen LogP contribution in [-0.2, 0) is 22.6 Å². The Bertz CT molecular complexity index is 931. The van der Waals surface area contributed by atoms with Crippen LogP contribution >= 0.6 is 0 Å². The number of anilines is 2. The molecule has 0 saturated carbocycles. The molecule has 0 unspecified atom stereocenters. The van der Waals surface area contributed by atoms with Crippen LogP contribution in [0, 0.1) is 6.92 Å². The Balaban J connectivity index is 1.65. The van der Waals surface area contributed by atoms with Crippen LogP contribution in [0.4, 0.5) is 11.5 Å². The highest BCUT2D eigenvalue weighted by Gasteiger charge is 2.11. The normalized spacial score (nSPS) is 10.4. The van der Waals surface area contributed by atoms with Gasteiger partial charge in [0.2, 0.25) is 11.8 Å². The Labute approximate surface area is 158 Å². The number of amides is 2. The molecule has 3 aromatic rings. The molecule has 0 aliphatic rings. The molecule has 0 aliphatic heterocycles. The topological polar surface area (TPSA) is 76.0 Å². The zero-order chi connectivity index (χ0) is 19.2. The molecule has 2 aromatic carbocycles. The number of carbonyl (C=O) groups excluding carboxylic acids is 2. The molecule has 0 aliphatic carbocycles. The number of hydrogen-bond donors (Lipinski definition) is 2. The fourth-order valence-corrected chi connectivity index (χ4v) is 2.80. The minimum absolute atomic E-state index is 0.114. The number of carbonyl (C=O) groups is 2. The maximum Gasteiger partial charge on any atom is 0.229 e. The number of aryl methyl sites for hydroxylation is 1. The van der Waals surface area contributed by atoms with Gasteiger partial charge in [0.15, 0.2) is 0 Å². The Morgan fingerprint density at radius 3 is 2.33 bits per heavy atom. The quantitative estimate of drug-likeness (QED) is 0.706. The van der Waals surface area contributed by atoms with Gasteiger partial charge in [-0.1, -0.05) is 42.5 Å². The molecule has 6 heteroatoms. The highest BCUT2D eigenvalue weighted by atomic mass is 16.2. The first kappa shape index (κ1) is 18.4. The first-order valence-corrected chi connectivity index (χ1v) is 8.74. The summed E-state index contributed by atoms with van der Waals surface area (Å²) >= 11 is 0. The first-order chi connectivity index (χ1) is 13.0. The zero-order valence-electron chi connectivity index (χ0n) is 15.4. The van der Waals surface area contributed by atoms with Crippen LogP contribution in [0.15, 0.2) is 60.7 Å². The molecule has 0 radical (unpaired) electrons. The lowest BCUT2D eigenvalue weighted by Crippen LogP contribution is -2.18. The first-order valence-electron chi connectivity index (χ1n) is 8.74. The lowest BCUT2D eigenvalue weighted by Gasteiger charge is -2.09. The molecular weight excluding hydrogens is 340 g/mol. The average Bonchev–Trinajstić information content (AvgIpc) is 2.96. The van der Waals surface area contributed by atoms with Crippen LogP contribution in [0.3, 0.4) is 0 Å². The van der Waals surface area contributed by atoms with E-state index in [1.807, 2.05) is 55.5 Å². The van der Waals surface area contributed by atoms with Crippen molar-refractivity contribution in [3.63, 3.8) is 0 Å². The highest BCUT2D eigenvalue weighted by molar-refractivity contribution is 5.92. The number of nitrogens with one attached hydrogen (secondary N) is 2. The third kappa shape index (κ3) is 5.28. The van der Waals surface area contributed by atoms with Crippen molar-refractivity contribution < 1.29 is 9.59 Å². The molecule has 138 valence electrons. The summed E-state index contributed by atoms with van der Waals surface area (Å²) in [5.41, 5.74) is 3.54. The largest absolute Gasteiger partial charge is 0.326 e. The maximum atomic E-state index is 12.4. The van der Waals surface area contributed by atoms with Gasteiger partial charge in [-0.05, 0) is 30.2 Å². The summed E-state index contributed by atoms with van der Waals surface area (Å²) in [6, 6.07) is 19.1. The minimum Gasteiger partial charge on any atom is -0.326 e. The number of rotatable bonds is 6. The average molecular weight is 362 g/mol. The summed E-state index contributed by atoms with van der Waals surface area (Å²) in [5, 5.41) is 10.1. The number of nitrogens with zero attached hydrogens (tertiary/aromatic N) is 2. The van der Waals surface area contributed by atoms with Crippen molar-refractivity contribution in [1.82, 2.24) is 9.78 Å². The van der Waals surface area contributed by atoms with Crippen molar-refractivity contribution in [2.45, 2.75) is 26.8 Å². The maximum absolute atomic E-state index is 12.4. The van der Waals surface area contributed by atoms with E-state index in [1.165, 1.54) is 6.92 Å². The van der Waals surface area contributed by atoms with Crippen molar-refractivity contribution in [1.29, 1.82) is 0 Å². The number of benzene rings is 2. The summed E-state index contributed by atoms with van der Waals surface area (Å²) in [4.78, 5) is 23.5. The molecule has 1 heterocycles. The highest BCUT2D eigenvalue weighted by Crippen LogP contribution is 2.15. The molecule has 0 saturated heterocycles. The minimum atomic E-state index is -0.123. The SMILES string of the molecule is CC(=O)Nc1ccc(CC(=O)Nc2cc(C)nn2Cc2ccccc2)cc1. The third-order valence-corrected chi connectivity index (χ3v) is 3.98. The molecule has 0 bridgehead atoms. The Hall–Kier alpha value is -3.41. The summed E-state index contributed by atoms with van der Waals surface area (Å²) in [6.07, 6.45) is 0.246. The van der Waals surface area contributed by atoms with E-state index in [0.717, 1.165) is 16.8 Å². The predicted molar refractivity (Wildman–Crippen MR) is 106 cm³/mol. The van der Waals surface area contributed by atoms with Gasteiger partial charge in [-0.2, -0.15) is 5.10 Å². The summed E-state index contributed by atoms with van der Waals surface area (Å²) in [6.45, 7) is 3.95. The van der Waals surface area contributed by atoms with Crippen LogP contribution in [0.25, 0.3) is 0 Å². The van der Waals surface area contributed by atoms with E-state index in [9.17, 15) is 9.59 Å². The van der Waals surface area contributed by atoms with Gasteiger partial charge < -0.3 is 10.6 Å². The van der Waals surface area contributed by atoms with Gasteiger partial charge in [-0.15, -0.1) is 0 Å². The van der Waals surface area contributed by atoms with E-state index in [4.69, 9.17) is 0 Å². The van der Waals surface area contributed by atoms with E-state index in [1.54, 1.807) is 16.8 Å². The molecular formula is C21H22N4O2. The fourth-order valence-electron chi connectivity index (χ4n) is 2.80. The molecule has 2 N–H and O–H groups in total. The lowest BCUT2D eigenvalue weighted by atomic mass is 10.1. The predicted octanol–water partition coefficient (Wildman–Crippen LogP) is 3.38.